The maximum atomic E-state index is 11.7. The SMILES string of the molecule is COC(=O)Cc1ccc(CNC(C)C(=O)NC(C)C)s1. The zero-order valence-electron chi connectivity index (χ0n) is 12.4. The fraction of sp³-hybridized carbons (Fsp3) is 0.571. The second kappa shape index (κ2) is 8.01. The Morgan fingerprint density at radius 2 is 1.90 bits per heavy atom. The highest BCUT2D eigenvalue weighted by molar-refractivity contribution is 7.12. The van der Waals surface area contributed by atoms with Gasteiger partial charge < -0.3 is 15.4 Å². The van der Waals surface area contributed by atoms with E-state index in [0.29, 0.717) is 13.0 Å². The molecule has 0 spiro atoms. The van der Waals surface area contributed by atoms with Crippen LogP contribution in [0.1, 0.15) is 30.5 Å². The summed E-state index contributed by atoms with van der Waals surface area (Å²) >= 11 is 1.55. The standard InChI is InChI=1S/C14H22N2O3S/c1-9(2)16-14(18)10(3)15-8-12-6-5-11(20-12)7-13(17)19-4/h5-6,9-10,15H,7-8H2,1-4H3,(H,16,18). The molecule has 0 aliphatic carbocycles. The molecule has 1 aromatic rings. The molecule has 0 radical (unpaired) electrons. The van der Waals surface area contributed by atoms with Crippen molar-refractivity contribution in [2.24, 2.45) is 0 Å². The van der Waals surface area contributed by atoms with Gasteiger partial charge in [-0.1, -0.05) is 0 Å². The van der Waals surface area contributed by atoms with Crippen molar-refractivity contribution >= 4 is 23.2 Å². The minimum absolute atomic E-state index is 0.00802. The van der Waals surface area contributed by atoms with Gasteiger partial charge in [0.25, 0.3) is 0 Å². The van der Waals surface area contributed by atoms with Gasteiger partial charge in [0.05, 0.1) is 19.6 Å². The van der Waals surface area contributed by atoms with Gasteiger partial charge in [0.15, 0.2) is 0 Å². The van der Waals surface area contributed by atoms with Crippen molar-refractivity contribution < 1.29 is 14.3 Å². The minimum Gasteiger partial charge on any atom is -0.469 e. The van der Waals surface area contributed by atoms with Crippen molar-refractivity contribution in [3.63, 3.8) is 0 Å². The van der Waals surface area contributed by atoms with Crippen molar-refractivity contribution in [3.8, 4) is 0 Å². The Kier molecular flexibility index (Phi) is 6.67. The lowest BCUT2D eigenvalue weighted by Gasteiger charge is -2.15. The molecule has 0 saturated heterocycles. The summed E-state index contributed by atoms with van der Waals surface area (Å²) in [4.78, 5) is 25.0. The van der Waals surface area contributed by atoms with E-state index in [2.05, 4.69) is 15.4 Å². The Labute approximate surface area is 123 Å². The Balaban J connectivity index is 2.42. The Bertz CT molecular complexity index is 457. The van der Waals surface area contributed by atoms with E-state index in [1.165, 1.54) is 7.11 Å². The van der Waals surface area contributed by atoms with Crippen LogP contribution in [0.2, 0.25) is 0 Å². The van der Waals surface area contributed by atoms with E-state index in [4.69, 9.17) is 0 Å². The van der Waals surface area contributed by atoms with Crippen molar-refractivity contribution in [2.75, 3.05) is 7.11 Å². The molecule has 0 aromatic carbocycles. The van der Waals surface area contributed by atoms with Crippen LogP contribution in [0.25, 0.3) is 0 Å². The van der Waals surface area contributed by atoms with Crippen LogP contribution in [0.15, 0.2) is 12.1 Å². The first-order valence-corrected chi connectivity index (χ1v) is 7.42. The molecule has 0 aliphatic rings. The summed E-state index contributed by atoms with van der Waals surface area (Å²) in [6.07, 6.45) is 0.296. The first kappa shape index (κ1) is 16.7. The van der Waals surface area contributed by atoms with Gasteiger partial charge in [0.2, 0.25) is 5.91 Å². The van der Waals surface area contributed by atoms with Crippen LogP contribution in [-0.4, -0.2) is 31.1 Å². The predicted molar refractivity (Wildman–Crippen MR) is 79.6 cm³/mol. The van der Waals surface area contributed by atoms with E-state index < -0.39 is 0 Å². The van der Waals surface area contributed by atoms with Crippen molar-refractivity contribution in [3.05, 3.63) is 21.9 Å². The van der Waals surface area contributed by atoms with Gasteiger partial charge in [-0.3, -0.25) is 9.59 Å². The molecule has 20 heavy (non-hydrogen) atoms. The van der Waals surface area contributed by atoms with E-state index in [1.54, 1.807) is 11.3 Å². The predicted octanol–water partition coefficient (Wildman–Crippen LogP) is 1.47. The maximum absolute atomic E-state index is 11.7. The molecule has 1 amide bonds. The number of nitrogens with one attached hydrogen (secondary N) is 2. The summed E-state index contributed by atoms with van der Waals surface area (Å²) in [5, 5.41) is 6.03. The second-order valence-electron chi connectivity index (χ2n) is 4.89. The Hall–Kier alpha value is -1.40. The molecular formula is C14H22N2O3S. The molecule has 6 heteroatoms. The van der Waals surface area contributed by atoms with Crippen LogP contribution < -0.4 is 10.6 Å². The molecular weight excluding hydrogens is 276 g/mol. The fourth-order valence-corrected chi connectivity index (χ4v) is 2.54. The van der Waals surface area contributed by atoms with Crippen LogP contribution in [0.4, 0.5) is 0 Å². The first-order chi connectivity index (χ1) is 9.42. The summed E-state index contributed by atoms with van der Waals surface area (Å²) in [6.45, 7) is 6.31. The highest BCUT2D eigenvalue weighted by Crippen LogP contribution is 2.17. The number of hydrogen-bond donors (Lipinski definition) is 2. The van der Waals surface area contributed by atoms with Gasteiger partial charge in [-0.2, -0.15) is 0 Å². The van der Waals surface area contributed by atoms with Gasteiger partial charge in [0.1, 0.15) is 0 Å². The third-order valence-corrected chi connectivity index (χ3v) is 3.76. The summed E-state index contributed by atoms with van der Waals surface area (Å²) in [6, 6.07) is 3.77. The van der Waals surface area contributed by atoms with Crippen molar-refractivity contribution in [2.45, 2.75) is 45.8 Å². The van der Waals surface area contributed by atoms with Gasteiger partial charge >= 0.3 is 5.97 Å². The number of hydrogen-bond acceptors (Lipinski definition) is 5. The maximum Gasteiger partial charge on any atom is 0.310 e. The topological polar surface area (TPSA) is 67.4 Å². The van der Waals surface area contributed by atoms with Crippen molar-refractivity contribution in [1.82, 2.24) is 10.6 Å². The van der Waals surface area contributed by atoms with Gasteiger partial charge in [-0.05, 0) is 32.9 Å². The van der Waals surface area contributed by atoms with E-state index in [1.807, 2.05) is 32.9 Å². The Morgan fingerprint density at radius 3 is 2.50 bits per heavy atom. The molecule has 1 heterocycles. The lowest BCUT2D eigenvalue weighted by Crippen LogP contribution is -2.44. The van der Waals surface area contributed by atoms with E-state index in [-0.39, 0.29) is 24.0 Å². The van der Waals surface area contributed by atoms with Crippen LogP contribution in [0, 0.1) is 0 Å². The molecule has 0 bridgehead atoms. The van der Waals surface area contributed by atoms with Crippen LogP contribution in [-0.2, 0) is 27.3 Å². The molecule has 5 nitrogen and oxygen atoms in total. The minimum atomic E-state index is -0.247. The van der Waals surface area contributed by atoms with Crippen LogP contribution in [0.5, 0.6) is 0 Å². The highest BCUT2D eigenvalue weighted by atomic mass is 32.1. The van der Waals surface area contributed by atoms with Crippen LogP contribution >= 0.6 is 11.3 Å². The number of carbonyl (C=O) groups excluding carboxylic acids is 2. The number of ether oxygens (including phenoxy) is 1. The van der Waals surface area contributed by atoms with Gasteiger partial charge in [-0.25, -0.2) is 0 Å². The number of rotatable bonds is 7. The lowest BCUT2D eigenvalue weighted by molar-refractivity contribution is -0.139. The largest absolute Gasteiger partial charge is 0.469 e. The number of esters is 1. The van der Waals surface area contributed by atoms with Crippen LogP contribution in [0.3, 0.4) is 0 Å². The number of carbonyl (C=O) groups is 2. The lowest BCUT2D eigenvalue weighted by atomic mass is 10.2. The fourth-order valence-electron chi connectivity index (χ4n) is 1.58. The second-order valence-corrected chi connectivity index (χ2v) is 6.14. The number of amides is 1. The molecule has 1 aromatic heterocycles. The molecule has 112 valence electrons. The monoisotopic (exact) mass is 298 g/mol. The number of thiophene rings is 1. The molecule has 0 fully saturated rings. The smallest absolute Gasteiger partial charge is 0.310 e. The molecule has 2 N–H and O–H groups in total. The summed E-state index contributed by atoms with van der Waals surface area (Å²) in [5.41, 5.74) is 0. The normalized spacial score (nSPS) is 12.2. The van der Waals surface area contributed by atoms with E-state index >= 15 is 0 Å². The Morgan fingerprint density at radius 1 is 1.25 bits per heavy atom. The van der Waals surface area contributed by atoms with E-state index in [0.717, 1.165) is 9.75 Å². The average molecular weight is 298 g/mol. The zero-order valence-corrected chi connectivity index (χ0v) is 13.2. The molecule has 1 atom stereocenters. The molecule has 1 unspecified atom stereocenters. The average Bonchev–Trinajstić information content (AvgIpc) is 2.82. The zero-order chi connectivity index (χ0) is 15.1. The summed E-state index contributed by atoms with van der Waals surface area (Å²) < 4.78 is 4.63. The van der Waals surface area contributed by atoms with Crippen molar-refractivity contribution in [1.29, 1.82) is 0 Å². The molecule has 0 saturated carbocycles. The van der Waals surface area contributed by atoms with E-state index in [9.17, 15) is 9.59 Å². The summed E-state index contributed by atoms with van der Waals surface area (Å²) in [5.74, 6) is -0.248. The third kappa shape index (κ3) is 5.71. The highest BCUT2D eigenvalue weighted by Gasteiger charge is 2.13. The van der Waals surface area contributed by atoms with Gasteiger partial charge in [0, 0.05) is 22.3 Å². The number of methoxy groups -OCH3 is 1. The quantitative estimate of drug-likeness (QED) is 0.748. The first-order valence-electron chi connectivity index (χ1n) is 6.60. The third-order valence-electron chi connectivity index (χ3n) is 2.67. The summed E-state index contributed by atoms with van der Waals surface area (Å²) in [7, 11) is 1.38. The molecule has 1 rings (SSSR count). The van der Waals surface area contributed by atoms with Gasteiger partial charge in [-0.15, -0.1) is 11.3 Å². The molecule has 0 aliphatic heterocycles.